The van der Waals surface area contributed by atoms with Gasteiger partial charge in [-0.05, 0) is 53.9 Å². The predicted molar refractivity (Wildman–Crippen MR) is 116 cm³/mol. The summed E-state index contributed by atoms with van der Waals surface area (Å²) in [5.74, 6) is 1.80. The predicted octanol–water partition coefficient (Wildman–Crippen LogP) is 6.16. The number of para-hydroxylation sites is 1. The first-order chi connectivity index (χ1) is 14.2. The van der Waals surface area contributed by atoms with Crippen LogP contribution in [0.1, 0.15) is 22.9 Å². The minimum atomic E-state index is -0.142. The van der Waals surface area contributed by atoms with Crippen LogP contribution in [0.4, 0.5) is 0 Å². The molecule has 0 bridgehead atoms. The van der Waals surface area contributed by atoms with Gasteiger partial charge in [0.25, 0.3) is 0 Å². The standard InChI is InChI=1S/C26H23NO2/c1-17-23-21-11-7-8-12-22(21)29-26(19-9-5-4-6-10-19)25(23)27(2)24(17)18-13-15-20(28-3)16-14-18/h4-16,26H,1-3H3/t26-/m0/s1. The highest BCUT2D eigenvalue weighted by atomic mass is 16.5. The Morgan fingerprint density at radius 3 is 2.28 bits per heavy atom. The third kappa shape index (κ3) is 2.73. The Morgan fingerprint density at radius 2 is 1.55 bits per heavy atom. The van der Waals surface area contributed by atoms with Gasteiger partial charge in [-0.2, -0.15) is 0 Å². The van der Waals surface area contributed by atoms with Crippen molar-refractivity contribution in [1.29, 1.82) is 0 Å². The second kappa shape index (κ2) is 6.85. The first-order valence-electron chi connectivity index (χ1n) is 9.83. The third-order valence-corrected chi connectivity index (χ3v) is 5.80. The summed E-state index contributed by atoms with van der Waals surface area (Å²) in [6.45, 7) is 2.21. The first kappa shape index (κ1) is 17.6. The van der Waals surface area contributed by atoms with Gasteiger partial charge in [0, 0.05) is 18.2 Å². The van der Waals surface area contributed by atoms with Gasteiger partial charge in [-0.25, -0.2) is 0 Å². The lowest BCUT2D eigenvalue weighted by atomic mass is 9.92. The van der Waals surface area contributed by atoms with Gasteiger partial charge in [0.15, 0.2) is 6.10 Å². The largest absolute Gasteiger partial charge is 0.497 e. The molecule has 1 aromatic heterocycles. The molecule has 0 saturated heterocycles. The summed E-state index contributed by atoms with van der Waals surface area (Å²) in [5.41, 5.74) is 8.42. The van der Waals surface area contributed by atoms with Crippen LogP contribution < -0.4 is 9.47 Å². The highest BCUT2D eigenvalue weighted by Gasteiger charge is 2.33. The number of hydrogen-bond acceptors (Lipinski definition) is 2. The van der Waals surface area contributed by atoms with Crippen molar-refractivity contribution in [2.45, 2.75) is 13.0 Å². The van der Waals surface area contributed by atoms with Crippen molar-refractivity contribution in [3.8, 4) is 33.9 Å². The molecule has 3 heteroatoms. The fraction of sp³-hybridized carbons (Fsp3) is 0.154. The second-order valence-corrected chi connectivity index (χ2v) is 7.43. The molecule has 2 heterocycles. The van der Waals surface area contributed by atoms with Crippen LogP contribution in [0.5, 0.6) is 11.5 Å². The van der Waals surface area contributed by atoms with Gasteiger partial charge in [-0.3, -0.25) is 0 Å². The molecule has 3 aromatic carbocycles. The lowest BCUT2D eigenvalue weighted by Crippen LogP contribution is -2.18. The maximum absolute atomic E-state index is 6.53. The fourth-order valence-electron chi connectivity index (χ4n) is 4.47. The number of hydrogen-bond donors (Lipinski definition) is 0. The lowest BCUT2D eigenvalue weighted by Gasteiger charge is -2.28. The van der Waals surface area contributed by atoms with Gasteiger partial charge < -0.3 is 14.0 Å². The number of fused-ring (bicyclic) bond motifs is 3. The molecule has 0 fully saturated rings. The molecule has 3 nitrogen and oxygen atoms in total. The highest BCUT2D eigenvalue weighted by molar-refractivity contribution is 5.85. The molecule has 29 heavy (non-hydrogen) atoms. The molecule has 0 aliphatic carbocycles. The van der Waals surface area contributed by atoms with Crippen molar-refractivity contribution >= 4 is 0 Å². The average molecular weight is 381 g/mol. The van der Waals surface area contributed by atoms with E-state index < -0.39 is 0 Å². The van der Waals surface area contributed by atoms with E-state index in [2.05, 4.69) is 73.1 Å². The summed E-state index contributed by atoms with van der Waals surface area (Å²) in [6.07, 6.45) is -0.142. The summed E-state index contributed by atoms with van der Waals surface area (Å²) in [4.78, 5) is 0. The van der Waals surface area contributed by atoms with E-state index in [1.54, 1.807) is 7.11 Å². The zero-order chi connectivity index (χ0) is 20.0. The van der Waals surface area contributed by atoms with Crippen LogP contribution in [-0.2, 0) is 7.05 Å². The van der Waals surface area contributed by atoms with Gasteiger partial charge in [0.1, 0.15) is 11.5 Å². The van der Waals surface area contributed by atoms with Crippen LogP contribution >= 0.6 is 0 Å². The molecular weight excluding hydrogens is 358 g/mol. The van der Waals surface area contributed by atoms with E-state index in [0.29, 0.717) is 0 Å². The number of benzene rings is 3. The topological polar surface area (TPSA) is 23.4 Å². The van der Waals surface area contributed by atoms with E-state index in [-0.39, 0.29) is 6.10 Å². The van der Waals surface area contributed by atoms with Crippen LogP contribution in [0, 0.1) is 6.92 Å². The van der Waals surface area contributed by atoms with Gasteiger partial charge in [0.05, 0.1) is 18.5 Å². The van der Waals surface area contributed by atoms with Crippen LogP contribution in [0.15, 0.2) is 78.9 Å². The number of aromatic nitrogens is 1. The van der Waals surface area contributed by atoms with E-state index in [1.165, 1.54) is 28.1 Å². The van der Waals surface area contributed by atoms with Crippen LogP contribution in [0.2, 0.25) is 0 Å². The maximum Gasteiger partial charge on any atom is 0.164 e. The minimum Gasteiger partial charge on any atom is -0.497 e. The van der Waals surface area contributed by atoms with Crippen molar-refractivity contribution in [3.63, 3.8) is 0 Å². The van der Waals surface area contributed by atoms with Gasteiger partial charge >= 0.3 is 0 Å². The molecule has 0 amide bonds. The van der Waals surface area contributed by atoms with Crippen molar-refractivity contribution in [3.05, 3.63) is 95.7 Å². The quantitative estimate of drug-likeness (QED) is 0.424. The smallest absolute Gasteiger partial charge is 0.164 e. The number of methoxy groups -OCH3 is 1. The SMILES string of the molecule is COc1ccc(-c2c(C)c3c(n2C)[C@H](c2ccccc2)Oc2ccccc2-3)cc1. The Hall–Kier alpha value is -3.46. The van der Waals surface area contributed by atoms with Crippen LogP contribution in [0.25, 0.3) is 22.4 Å². The van der Waals surface area contributed by atoms with Crippen molar-refractivity contribution in [1.82, 2.24) is 4.57 Å². The van der Waals surface area contributed by atoms with E-state index in [1.807, 2.05) is 24.3 Å². The molecule has 0 unspecified atom stereocenters. The molecule has 0 saturated carbocycles. The zero-order valence-electron chi connectivity index (χ0n) is 16.8. The monoisotopic (exact) mass is 381 g/mol. The number of nitrogens with zero attached hydrogens (tertiary/aromatic N) is 1. The number of rotatable bonds is 3. The maximum atomic E-state index is 6.53. The molecule has 5 rings (SSSR count). The van der Waals surface area contributed by atoms with Crippen LogP contribution in [-0.4, -0.2) is 11.7 Å². The summed E-state index contributed by atoms with van der Waals surface area (Å²) >= 11 is 0. The Kier molecular flexibility index (Phi) is 4.17. The Balaban J connectivity index is 1.77. The van der Waals surface area contributed by atoms with Gasteiger partial charge in [-0.15, -0.1) is 0 Å². The summed E-state index contributed by atoms with van der Waals surface area (Å²) < 4.78 is 14.2. The second-order valence-electron chi connectivity index (χ2n) is 7.43. The molecule has 1 aliphatic heterocycles. The van der Waals surface area contributed by atoms with E-state index in [0.717, 1.165) is 22.6 Å². The molecule has 0 radical (unpaired) electrons. The Bertz CT molecular complexity index is 1170. The first-order valence-corrected chi connectivity index (χ1v) is 9.83. The average Bonchev–Trinajstić information content (AvgIpc) is 3.04. The van der Waals surface area contributed by atoms with Crippen molar-refractivity contribution < 1.29 is 9.47 Å². The minimum absolute atomic E-state index is 0.142. The fourth-order valence-corrected chi connectivity index (χ4v) is 4.47. The number of ether oxygens (including phenoxy) is 2. The van der Waals surface area contributed by atoms with Crippen LogP contribution in [0.3, 0.4) is 0 Å². The zero-order valence-corrected chi connectivity index (χ0v) is 16.8. The molecule has 1 aliphatic rings. The highest BCUT2D eigenvalue weighted by Crippen LogP contribution is 2.49. The van der Waals surface area contributed by atoms with Gasteiger partial charge in [-0.1, -0.05) is 48.5 Å². The van der Waals surface area contributed by atoms with Crippen molar-refractivity contribution in [2.75, 3.05) is 7.11 Å². The van der Waals surface area contributed by atoms with Crippen molar-refractivity contribution in [2.24, 2.45) is 7.05 Å². The third-order valence-electron chi connectivity index (χ3n) is 5.80. The van der Waals surface area contributed by atoms with E-state index in [4.69, 9.17) is 9.47 Å². The molecule has 1 atom stereocenters. The Labute approximate surface area is 171 Å². The van der Waals surface area contributed by atoms with Gasteiger partial charge in [0.2, 0.25) is 0 Å². The normalized spacial score (nSPS) is 14.7. The summed E-state index contributed by atoms with van der Waals surface area (Å²) in [5, 5.41) is 0. The van der Waals surface area contributed by atoms with E-state index in [9.17, 15) is 0 Å². The molecule has 144 valence electrons. The molecular formula is C26H23NO2. The molecule has 0 N–H and O–H groups in total. The summed E-state index contributed by atoms with van der Waals surface area (Å²) in [6, 6.07) is 27.1. The molecule has 4 aromatic rings. The molecule has 0 spiro atoms. The summed E-state index contributed by atoms with van der Waals surface area (Å²) in [7, 11) is 3.83. The Morgan fingerprint density at radius 1 is 0.862 bits per heavy atom. The van der Waals surface area contributed by atoms with E-state index >= 15 is 0 Å². The lowest BCUT2D eigenvalue weighted by molar-refractivity contribution is 0.235.